The second-order valence-electron chi connectivity index (χ2n) is 8.77. The number of unbranched alkanes of at least 4 members (excludes halogenated alkanes) is 2. The number of aromatic nitrogens is 1. The Morgan fingerprint density at radius 2 is 2.20 bits per heavy atom. The van der Waals surface area contributed by atoms with Crippen LogP contribution in [0.1, 0.15) is 31.7 Å². The van der Waals surface area contributed by atoms with Crippen LogP contribution in [-0.4, -0.2) is 53.0 Å². The molecular formula is C24H29N3O3. The molecule has 0 saturated carbocycles. The van der Waals surface area contributed by atoms with Crippen molar-refractivity contribution in [3.8, 4) is 0 Å². The number of ether oxygens (including phenoxy) is 1. The Bertz CT molecular complexity index is 996. The van der Waals surface area contributed by atoms with Gasteiger partial charge >= 0.3 is 0 Å². The van der Waals surface area contributed by atoms with E-state index < -0.39 is 17.4 Å². The number of hydrogen-bond acceptors (Lipinski definition) is 3. The van der Waals surface area contributed by atoms with Crippen molar-refractivity contribution in [1.29, 1.82) is 0 Å². The number of H-pyrrole nitrogens is 1. The Kier molecular flexibility index (Phi) is 4.89. The minimum absolute atomic E-state index is 0.0424. The van der Waals surface area contributed by atoms with Gasteiger partial charge in [-0.15, -0.1) is 0 Å². The van der Waals surface area contributed by atoms with Gasteiger partial charge in [-0.1, -0.05) is 50.1 Å². The highest BCUT2D eigenvalue weighted by Crippen LogP contribution is 2.51. The zero-order valence-electron chi connectivity index (χ0n) is 17.4. The standard InChI is InChI=1S/C24H29N3O3/c1-2-3-6-12-25-22(28)20-19-9-11-24(30-19)15-27(23(29)21(20)24)13-10-16-14-26-18-8-5-4-7-17(16)18/h4-5,7-9,11,14,19-21,26H,2-3,6,10,12-13,15H2,1H3,(H,25,28)/t19-,20-,21-,24+/m1/s1. The van der Waals surface area contributed by atoms with Crippen LogP contribution in [0.5, 0.6) is 0 Å². The van der Waals surface area contributed by atoms with E-state index in [2.05, 4.69) is 29.4 Å². The number of para-hydroxylation sites is 1. The number of hydrogen-bond donors (Lipinski definition) is 2. The minimum Gasteiger partial charge on any atom is -0.361 e. The average Bonchev–Trinajstić information content (AvgIpc) is 3.49. The summed E-state index contributed by atoms with van der Waals surface area (Å²) in [5.41, 5.74) is 1.69. The first-order chi connectivity index (χ1) is 14.6. The molecule has 1 aromatic heterocycles. The van der Waals surface area contributed by atoms with Crippen molar-refractivity contribution in [3.05, 3.63) is 48.2 Å². The molecule has 6 nitrogen and oxygen atoms in total. The highest BCUT2D eigenvalue weighted by atomic mass is 16.5. The van der Waals surface area contributed by atoms with Crippen molar-refractivity contribution in [1.82, 2.24) is 15.2 Å². The molecule has 2 saturated heterocycles. The molecule has 6 heteroatoms. The summed E-state index contributed by atoms with van der Waals surface area (Å²) >= 11 is 0. The largest absolute Gasteiger partial charge is 0.361 e. The van der Waals surface area contributed by atoms with Crippen LogP contribution in [0, 0.1) is 11.8 Å². The number of nitrogens with zero attached hydrogens (tertiary/aromatic N) is 1. The SMILES string of the molecule is CCCCCNC(=O)[C@@H]1[C@H]2C=C[C@@]3(CN(CCc4c[nH]c5ccccc45)C(=O)[C@@H]13)O2. The van der Waals surface area contributed by atoms with Crippen molar-refractivity contribution < 1.29 is 14.3 Å². The van der Waals surface area contributed by atoms with Gasteiger partial charge < -0.3 is 19.9 Å². The Morgan fingerprint density at radius 3 is 3.07 bits per heavy atom. The maximum Gasteiger partial charge on any atom is 0.230 e. The number of fused-ring (bicyclic) bond motifs is 2. The van der Waals surface area contributed by atoms with Crippen molar-refractivity contribution >= 4 is 22.7 Å². The predicted octanol–water partition coefficient (Wildman–Crippen LogP) is 2.80. The van der Waals surface area contributed by atoms with E-state index in [1.54, 1.807) is 0 Å². The lowest BCUT2D eigenvalue weighted by molar-refractivity contribution is -0.137. The number of likely N-dealkylation sites (tertiary alicyclic amines) is 1. The van der Waals surface area contributed by atoms with E-state index in [1.807, 2.05) is 35.4 Å². The number of benzene rings is 1. The molecule has 3 aliphatic heterocycles. The van der Waals surface area contributed by atoms with Crippen LogP contribution in [0.3, 0.4) is 0 Å². The Morgan fingerprint density at radius 1 is 1.33 bits per heavy atom. The van der Waals surface area contributed by atoms with Gasteiger partial charge in [0.05, 0.1) is 24.5 Å². The molecule has 1 aromatic carbocycles. The van der Waals surface area contributed by atoms with E-state index in [0.29, 0.717) is 19.6 Å². The summed E-state index contributed by atoms with van der Waals surface area (Å²) in [5.74, 6) is -0.807. The Labute approximate surface area is 176 Å². The van der Waals surface area contributed by atoms with Crippen molar-refractivity contribution in [2.75, 3.05) is 19.6 Å². The summed E-state index contributed by atoms with van der Waals surface area (Å²) in [6.07, 6.45) is 9.70. The molecule has 1 spiro atoms. The van der Waals surface area contributed by atoms with Gasteiger partial charge in [-0.3, -0.25) is 9.59 Å². The molecule has 2 N–H and O–H groups in total. The molecule has 2 bridgehead atoms. The third kappa shape index (κ3) is 3.05. The van der Waals surface area contributed by atoms with Crippen LogP contribution < -0.4 is 5.32 Å². The topological polar surface area (TPSA) is 74.4 Å². The van der Waals surface area contributed by atoms with E-state index in [9.17, 15) is 9.59 Å². The first-order valence-electron chi connectivity index (χ1n) is 11.1. The molecule has 30 heavy (non-hydrogen) atoms. The van der Waals surface area contributed by atoms with Gasteiger partial charge in [0.2, 0.25) is 11.8 Å². The van der Waals surface area contributed by atoms with Crippen LogP contribution in [0.25, 0.3) is 10.9 Å². The Hall–Kier alpha value is -2.60. The van der Waals surface area contributed by atoms with E-state index in [0.717, 1.165) is 31.2 Å². The Balaban J connectivity index is 1.27. The summed E-state index contributed by atoms with van der Waals surface area (Å²) in [5, 5.41) is 4.23. The lowest BCUT2D eigenvalue weighted by Gasteiger charge is -2.23. The van der Waals surface area contributed by atoms with E-state index >= 15 is 0 Å². The first-order valence-corrected chi connectivity index (χ1v) is 11.1. The molecule has 2 aromatic rings. The van der Waals surface area contributed by atoms with Gasteiger partial charge in [0.25, 0.3) is 0 Å². The van der Waals surface area contributed by atoms with Crippen LogP contribution in [0.15, 0.2) is 42.6 Å². The van der Waals surface area contributed by atoms with Crippen molar-refractivity contribution in [3.63, 3.8) is 0 Å². The quantitative estimate of drug-likeness (QED) is 0.522. The second-order valence-corrected chi connectivity index (χ2v) is 8.77. The van der Waals surface area contributed by atoms with Crippen LogP contribution in [0.2, 0.25) is 0 Å². The van der Waals surface area contributed by atoms with Gasteiger partial charge in [0.15, 0.2) is 0 Å². The summed E-state index contributed by atoms with van der Waals surface area (Å²) < 4.78 is 6.21. The second kappa shape index (κ2) is 7.58. The fourth-order valence-corrected chi connectivity index (χ4v) is 5.37. The molecule has 0 unspecified atom stereocenters. The van der Waals surface area contributed by atoms with E-state index in [4.69, 9.17) is 4.74 Å². The molecular weight excluding hydrogens is 378 g/mol. The molecule has 0 aliphatic carbocycles. The summed E-state index contributed by atoms with van der Waals surface area (Å²) in [6, 6.07) is 8.21. The minimum atomic E-state index is -0.632. The third-order valence-electron chi connectivity index (χ3n) is 6.89. The molecule has 4 heterocycles. The van der Waals surface area contributed by atoms with E-state index in [-0.39, 0.29) is 17.9 Å². The predicted molar refractivity (Wildman–Crippen MR) is 115 cm³/mol. The van der Waals surface area contributed by atoms with Crippen molar-refractivity contribution in [2.24, 2.45) is 11.8 Å². The molecule has 3 aliphatic rings. The monoisotopic (exact) mass is 407 g/mol. The fourth-order valence-electron chi connectivity index (χ4n) is 5.37. The average molecular weight is 408 g/mol. The van der Waals surface area contributed by atoms with Crippen LogP contribution >= 0.6 is 0 Å². The van der Waals surface area contributed by atoms with Gasteiger partial charge in [0.1, 0.15) is 5.60 Å². The van der Waals surface area contributed by atoms with Gasteiger partial charge in [-0.25, -0.2) is 0 Å². The summed E-state index contributed by atoms with van der Waals surface area (Å²) in [6.45, 7) is 3.97. The zero-order valence-corrected chi connectivity index (χ0v) is 17.4. The van der Waals surface area contributed by atoms with Gasteiger partial charge in [0, 0.05) is 30.2 Å². The number of aromatic amines is 1. The number of carbonyl (C=O) groups is 2. The maximum atomic E-state index is 13.3. The highest BCUT2D eigenvalue weighted by Gasteiger charge is 2.66. The van der Waals surface area contributed by atoms with Crippen LogP contribution in [0.4, 0.5) is 0 Å². The third-order valence-corrected chi connectivity index (χ3v) is 6.89. The molecule has 2 amide bonds. The normalized spacial score (nSPS) is 29.2. The molecule has 2 fully saturated rings. The number of nitrogens with one attached hydrogen (secondary N) is 2. The molecule has 5 rings (SSSR count). The molecule has 4 atom stereocenters. The summed E-state index contributed by atoms with van der Waals surface area (Å²) in [4.78, 5) is 31.4. The zero-order chi connectivity index (χ0) is 20.7. The maximum absolute atomic E-state index is 13.3. The van der Waals surface area contributed by atoms with Gasteiger partial charge in [-0.05, 0) is 24.5 Å². The smallest absolute Gasteiger partial charge is 0.230 e. The van der Waals surface area contributed by atoms with Gasteiger partial charge in [-0.2, -0.15) is 0 Å². The lowest BCUT2D eigenvalue weighted by Crippen LogP contribution is -2.44. The van der Waals surface area contributed by atoms with Crippen molar-refractivity contribution in [2.45, 2.75) is 44.3 Å². The molecule has 0 radical (unpaired) electrons. The van der Waals surface area contributed by atoms with Crippen LogP contribution in [-0.2, 0) is 20.7 Å². The summed E-state index contributed by atoms with van der Waals surface area (Å²) in [7, 11) is 0. The number of rotatable bonds is 8. The lowest BCUT2D eigenvalue weighted by atomic mass is 9.77. The number of carbonyl (C=O) groups excluding carboxylic acids is 2. The van der Waals surface area contributed by atoms with E-state index in [1.165, 1.54) is 10.9 Å². The number of amides is 2. The highest BCUT2D eigenvalue weighted by molar-refractivity contribution is 5.93. The first kappa shape index (κ1) is 19.4. The molecule has 158 valence electrons. The fraction of sp³-hybridized carbons (Fsp3) is 0.500.